The molecule has 0 spiro atoms. The fraction of sp³-hybridized carbons (Fsp3) is 0.409. The Kier molecular flexibility index (Phi) is 6.49. The van der Waals surface area contributed by atoms with Crippen molar-refractivity contribution in [3.63, 3.8) is 0 Å². The predicted molar refractivity (Wildman–Crippen MR) is 111 cm³/mol. The van der Waals surface area contributed by atoms with Crippen LogP contribution in [0.3, 0.4) is 0 Å². The van der Waals surface area contributed by atoms with Gasteiger partial charge in [-0.3, -0.25) is 14.9 Å². The van der Waals surface area contributed by atoms with Crippen LogP contribution >= 0.6 is 0 Å². The summed E-state index contributed by atoms with van der Waals surface area (Å²) in [6.45, 7) is 5.49. The van der Waals surface area contributed by atoms with Crippen molar-refractivity contribution in [3.8, 4) is 5.75 Å². The number of carbonyl (C=O) groups excluding carboxylic acids is 1. The molecule has 154 valence electrons. The average Bonchev–Trinajstić information content (AvgIpc) is 3.53. The second-order valence-electron chi connectivity index (χ2n) is 7.87. The number of carbonyl (C=O) groups is 1. The van der Waals surface area contributed by atoms with Crippen LogP contribution in [0.1, 0.15) is 43.7 Å². The Hall–Kier alpha value is -2.93. The second kappa shape index (κ2) is 9.05. The molecule has 1 saturated carbocycles. The highest BCUT2D eigenvalue weighted by Gasteiger charge is 2.34. The molecule has 1 fully saturated rings. The van der Waals surface area contributed by atoms with Crippen LogP contribution in [-0.2, 0) is 11.3 Å². The van der Waals surface area contributed by atoms with Gasteiger partial charge in [0.1, 0.15) is 12.3 Å². The topological polar surface area (TPSA) is 85.9 Å². The lowest BCUT2D eigenvalue weighted by molar-refractivity contribution is -0.916. The smallest absolute Gasteiger partial charge is 0.279 e. The third kappa shape index (κ3) is 5.54. The molecule has 0 bridgehead atoms. The van der Waals surface area contributed by atoms with Gasteiger partial charge in [0.05, 0.1) is 29.8 Å². The van der Waals surface area contributed by atoms with E-state index in [9.17, 15) is 14.9 Å². The molecule has 7 nitrogen and oxygen atoms in total. The van der Waals surface area contributed by atoms with Crippen molar-refractivity contribution in [2.45, 2.75) is 45.2 Å². The first-order valence-corrected chi connectivity index (χ1v) is 9.93. The van der Waals surface area contributed by atoms with Crippen LogP contribution < -0.4 is 15.0 Å². The first-order valence-electron chi connectivity index (χ1n) is 9.93. The van der Waals surface area contributed by atoms with Crippen molar-refractivity contribution in [2.24, 2.45) is 0 Å². The van der Waals surface area contributed by atoms with E-state index in [1.54, 1.807) is 0 Å². The summed E-state index contributed by atoms with van der Waals surface area (Å²) in [5.41, 5.74) is 2.90. The average molecular weight is 398 g/mol. The molecule has 29 heavy (non-hydrogen) atoms. The van der Waals surface area contributed by atoms with Gasteiger partial charge in [-0.15, -0.1) is 0 Å². The van der Waals surface area contributed by atoms with E-state index in [1.807, 2.05) is 0 Å². The van der Waals surface area contributed by atoms with Crippen molar-refractivity contribution in [1.82, 2.24) is 0 Å². The highest BCUT2D eigenvalue weighted by atomic mass is 16.6. The molecule has 7 heteroatoms. The number of anilines is 1. The summed E-state index contributed by atoms with van der Waals surface area (Å²) in [5, 5.41) is 13.8. The van der Waals surface area contributed by atoms with Crippen LogP contribution in [0.4, 0.5) is 11.4 Å². The second-order valence-corrected chi connectivity index (χ2v) is 7.87. The van der Waals surface area contributed by atoms with Gasteiger partial charge < -0.3 is 15.0 Å². The van der Waals surface area contributed by atoms with Crippen molar-refractivity contribution in [1.29, 1.82) is 0 Å². The van der Waals surface area contributed by atoms with Crippen molar-refractivity contribution >= 4 is 17.3 Å². The summed E-state index contributed by atoms with van der Waals surface area (Å²) in [7, 11) is 1.43. The zero-order valence-corrected chi connectivity index (χ0v) is 17.1. The Morgan fingerprint density at radius 2 is 1.93 bits per heavy atom. The lowest BCUT2D eigenvalue weighted by Crippen LogP contribution is -3.13. The minimum atomic E-state index is -0.488. The number of hydrogen-bond acceptors (Lipinski definition) is 4. The highest BCUT2D eigenvalue weighted by molar-refractivity contribution is 5.93. The first kappa shape index (κ1) is 20.8. The number of nitrogens with one attached hydrogen (secondary N) is 2. The van der Waals surface area contributed by atoms with Gasteiger partial charge in [-0.1, -0.05) is 38.1 Å². The summed E-state index contributed by atoms with van der Waals surface area (Å²) in [6.07, 6.45) is 2.26. The predicted octanol–water partition coefficient (Wildman–Crippen LogP) is 2.91. The first-order chi connectivity index (χ1) is 13.9. The number of ether oxygens (including phenoxy) is 1. The van der Waals surface area contributed by atoms with Gasteiger partial charge >= 0.3 is 0 Å². The maximum atomic E-state index is 12.7. The van der Waals surface area contributed by atoms with Gasteiger partial charge in [-0.25, -0.2) is 0 Å². The number of non-ortho nitro benzene ring substituents is 1. The Bertz CT molecular complexity index is 876. The number of methoxy groups -OCH3 is 1. The van der Waals surface area contributed by atoms with Crippen molar-refractivity contribution in [3.05, 3.63) is 63.7 Å². The van der Waals surface area contributed by atoms with Gasteiger partial charge in [0.2, 0.25) is 0 Å². The van der Waals surface area contributed by atoms with E-state index in [0.29, 0.717) is 24.2 Å². The van der Waals surface area contributed by atoms with E-state index in [0.717, 1.165) is 19.4 Å². The van der Waals surface area contributed by atoms with E-state index < -0.39 is 4.92 Å². The fourth-order valence-electron chi connectivity index (χ4n) is 3.42. The van der Waals surface area contributed by atoms with Gasteiger partial charge in [0.15, 0.2) is 6.54 Å². The molecule has 0 radical (unpaired) electrons. The van der Waals surface area contributed by atoms with E-state index >= 15 is 0 Å². The number of nitro groups is 1. The molecule has 2 aromatic carbocycles. The molecular formula is C22H28N3O4+. The molecule has 2 aromatic rings. The van der Waals surface area contributed by atoms with Crippen molar-refractivity contribution in [2.75, 3.05) is 19.0 Å². The SMILES string of the molecule is COc1cc([N+](=O)[O-])ccc1NC(=O)C[NH+](Cc1ccc(C(C)C)cc1)C1CC1. The number of rotatable bonds is 9. The molecule has 0 aliphatic heterocycles. The monoisotopic (exact) mass is 398 g/mol. The maximum Gasteiger partial charge on any atom is 0.279 e. The quantitative estimate of drug-likeness (QED) is 0.502. The summed E-state index contributed by atoms with van der Waals surface area (Å²) in [5.74, 6) is 0.654. The number of amides is 1. The summed E-state index contributed by atoms with van der Waals surface area (Å²) in [6, 6.07) is 13.3. The summed E-state index contributed by atoms with van der Waals surface area (Å²) >= 11 is 0. The number of quaternary nitrogens is 1. The van der Waals surface area contributed by atoms with E-state index in [1.165, 1.54) is 41.3 Å². The van der Waals surface area contributed by atoms with E-state index in [-0.39, 0.29) is 17.3 Å². The third-order valence-corrected chi connectivity index (χ3v) is 5.29. The summed E-state index contributed by atoms with van der Waals surface area (Å²) < 4.78 is 5.20. The molecule has 2 N–H and O–H groups in total. The lowest BCUT2D eigenvalue weighted by Gasteiger charge is -2.19. The normalized spacial score (nSPS) is 14.5. The number of benzene rings is 2. The molecule has 0 heterocycles. The van der Waals surface area contributed by atoms with Gasteiger partial charge in [-0.05, 0) is 17.5 Å². The van der Waals surface area contributed by atoms with Gasteiger partial charge in [-0.2, -0.15) is 0 Å². The van der Waals surface area contributed by atoms with Crippen LogP contribution in [-0.4, -0.2) is 30.5 Å². The van der Waals surface area contributed by atoms with Crippen LogP contribution in [0.15, 0.2) is 42.5 Å². The van der Waals surface area contributed by atoms with Gasteiger partial charge in [0.25, 0.3) is 11.6 Å². The van der Waals surface area contributed by atoms with E-state index in [2.05, 4.69) is 43.4 Å². The summed E-state index contributed by atoms with van der Waals surface area (Å²) in [4.78, 5) is 24.3. The zero-order chi connectivity index (χ0) is 21.0. The highest BCUT2D eigenvalue weighted by Crippen LogP contribution is 2.28. The lowest BCUT2D eigenvalue weighted by atomic mass is 10.0. The fourth-order valence-corrected chi connectivity index (χ4v) is 3.42. The molecule has 1 atom stereocenters. The Morgan fingerprint density at radius 3 is 2.48 bits per heavy atom. The molecule has 1 amide bonds. The Morgan fingerprint density at radius 1 is 1.24 bits per heavy atom. The molecule has 1 unspecified atom stereocenters. The molecule has 1 aliphatic rings. The molecule has 0 aromatic heterocycles. The largest absolute Gasteiger partial charge is 0.494 e. The number of nitro benzene ring substituents is 1. The standard InChI is InChI=1S/C22H27N3O4/c1-15(2)17-6-4-16(5-7-17)13-24(18-8-9-18)14-22(26)23-20-11-10-19(25(27)28)12-21(20)29-3/h4-7,10-12,15,18H,8-9,13-14H2,1-3H3,(H,23,26)/p+1. The van der Waals surface area contributed by atoms with E-state index in [4.69, 9.17) is 4.74 Å². The number of hydrogen-bond donors (Lipinski definition) is 2. The Balaban J connectivity index is 1.65. The minimum Gasteiger partial charge on any atom is -0.494 e. The molecule has 0 saturated heterocycles. The Labute approximate surface area is 170 Å². The van der Waals surface area contributed by atoms with Crippen LogP contribution in [0, 0.1) is 10.1 Å². The van der Waals surface area contributed by atoms with Crippen LogP contribution in [0.2, 0.25) is 0 Å². The molecule has 1 aliphatic carbocycles. The third-order valence-electron chi connectivity index (χ3n) is 5.29. The molecule has 3 rings (SSSR count). The maximum absolute atomic E-state index is 12.7. The zero-order valence-electron chi connectivity index (χ0n) is 17.1. The minimum absolute atomic E-state index is 0.0741. The number of nitrogens with zero attached hydrogens (tertiary/aromatic N) is 1. The molecular weight excluding hydrogens is 370 g/mol. The van der Waals surface area contributed by atoms with Gasteiger partial charge in [0, 0.05) is 24.5 Å². The van der Waals surface area contributed by atoms with Crippen LogP contribution in [0.5, 0.6) is 5.75 Å². The van der Waals surface area contributed by atoms with Crippen LogP contribution in [0.25, 0.3) is 0 Å². The van der Waals surface area contributed by atoms with Crippen molar-refractivity contribution < 1.29 is 19.4 Å².